The lowest BCUT2D eigenvalue weighted by Gasteiger charge is -2.08. The number of carbonyl (C=O) groups excluding carboxylic acids is 1. The van der Waals surface area contributed by atoms with Crippen LogP contribution < -0.4 is 0 Å². The number of hydrogen-bond acceptors (Lipinski definition) is 8. The van der Waals surface area contributed by atoms with Crippen molar-refractivity contribution in [2.24, 2.45) is 0 Å². The van der Waals surface area contributed by atoms with Gasteiger partial charge in [0.15, 0.2) is 0 Å². The Labute approximate surface area is 162 Å². The number of benzene rings is 3. The number of aromatic hydroxyl groups is 5. The van der Waals surface area contributed by atoms with Crippen LogP contribution in [0, 0.1) is 0 Å². The van der Waals surface area contributed by atoms with Gasteiger partial charge in [-0.1, -0.05) is 0 Å². The maximum Gasteiger partial charge on any atom is 0.346 e. The molecule has 3 aromatic rings. The number of hydrogen-bond donors (Lipinski definition) is 6. The molecule has 3 rings (SSSR count). The molecule has 0 bridgehead atoms. The van der Waals surface area contributed by atoms with Crippen LogP contribution in [0.2, 0.25) is 0 Å². The molecule has 0 unspecified atom stereocenters. The number of carbonyl (C=O) groups is 2. The number of esters is 1. The summed E-state index contributed by atoms with van der Waals surface area (Å²) in [5, 5.41) is 58.4. The summed E-state index contributed by atoms with van der Waals surface area (Å²) in [6.45, 7) is 0. The maximum atomic E-state index is 12.1. The second kappa shape index (κ2) is 7.31. The molecule has 0 fully saturated rings. The van der Waals surface area contributed by atoms with E-state index in [9.17, 15) is 35.1 Å². The topological polar surface area (TPSA) is 165 Å². The third kappa shape index (κ3) is 3.69. The molecule has 0 spiro atoms. The highest BCUT2D eigenvalue weighted by Crippen LogP contribution is 2.36. The Morgan fingerprint density at radius 2 is 1.31 bits per heavy atom. The predicted molar refractivity (Wildman–Crippen MR) is 100 cm³/mol. The second-order valence-electron chi connectivity index (χ2n) is 5.96. The summed E-state index contributed by atoms with van der Waals surface area (Å²) in [6, 6.07) is 6.58. The van der Waals surface area contributed by atoms with Gasteiger partial charge in [-0.15, -0.1) is 0 Å². The zero-order valence-corrected chi connectivity index (χ0v) is 14.5. The van der Waals surface area contributed by atoms with E-state index >= 15 is 0 Å². The summed E-state index contributed by atoms with van der Waals surface area (Å²) in [6.07, 6.45) is 2.07. The van der Waals surface area contributed by atoms with Crippen molar-refractivity contribution >= 4 is 28.8 Å². The number of fused-ring (bicyclic) bond motifs is 1. The van der Waals surface area contributed by atoms with E-state index in [-0.39, 0.29) is 33.6 Å². The number of ether oxygens (including phenoxy) is 1. The first kappa shape index (κ1) is 19.4. The van der Waals surface area contributed by atoms with Crippen LogP contribution in [0.1, 0.15) is 26.3 Å². The van der Waals surface area contributed by atoms with Crippen molar-refractivity contribution in [1.82, 2.24) is 0 Å². The van der Waals surface area contributed by atoms with Gasteiger partial charge in [-0.3, -0.25) is 0 Å². The molecular formula is C20H14O9. The lowest BCUT2D eigenvalue weighted by atomic mass is 10.0. The standard InChI is InChI=1S/C20H14O9/c21-14-1-2-15(22)11-7-16(23)9(5-10(11)14)3-4-29-20(28)13-6-12(19(26)27)17(24)8-18(13)25/h1-8,21-25H,(H,26,27). The number of phenolic OH excluding ortho intramolecular Hbond substituents is 4. The molecule has 0 aliphatic carbocycles. The average molecular weight is 398 g/mol. The highest BCUT2D eigenvalue weighted by atomic mass is 16.5. The molecule has 9 nitrogen and oxygen atoms in total. The third-order valence-corrected chi connectivity index (χ3v) is 4.10. The summed E-state index contributed by atoms with van der Waals surface area (Å²) in [7, 11) is 0. The predicted octanol–water partition coefficient (Wildman–Crippen LogP) is 2.89. The van der Waals surface area contributed by atoms with Gasteiger partial charge in [0, 0.05) is 22.4 Å². The van der Waals surface area contributed by atoms with Gasteiger partial charge >= 0.3 is 11.9 Å². The van der Waals surface area contributed by atoms with Gasteiger partial charge in [0.05, 0.1) is 6.26 Å². The zero-order chi connectivity index (χ0) is 21.3. The van der Waals surface area contributed by atoms with Crippen molar-refractivity contribution in [3.63, 3.8) is 0 Å². The molecule has 0 heterocycles. The minimum absolute atomic E-state index is 0.139. The van der Waals surface area contributed by atoms with Crippen LogP contribution in [-0.2, 0) is 4.74 Å². The van der Waals surface area contributed by atoms with E-state index in [0.29, 0.717) is 6.07 Å². The first-order chi connectivity index (χ1) is 13.7. The molecule has 9 heteroatoms. The first-order valence-corrected chi connectivity index (χ1v) is 8.03. The molecule has 6 N–H and O–H groups in total. The van der Waals surface area contributed by atoms with Crippen LogP contribution >= 0.6 is 0 Å². The molecule has 0 saturated carbocycles. The van der Waals surface area contributed by atoms with Gasteiger partial charge in [-0.05, 0) is 36.4 Å². The summed E-state index contributed by atoms with van der Waals surface area (Å²) >= 11 is 0. The Kier molecular flexibility index (Phi) is 4.88. The molecule has 29 heavy (non-hydrogen) atoms. The molecular weight excluding hydrogens is 384 g/mol. The van der Waals surface area contributed by atoms with Crippen molar-refractivity contribution in [3.05, 3.63) is 59.4 Å². The van der Waals surface area contributed by atoms with Crippen LogP contribution in [0.3, 0.4) is 0 Å². The quantitative estimate of drug-likeness (QED) is 0.220. The van der Waals surface area contributed by atoms with Crippen molar-refractivity contribution in [2.45, 2.75) is 0 Å². The van der Waals surface area contributed by atoms with Crippen molar-refractivity contribution in [2.75, 3.05) is 0 Å². The smallest absolute Gasteiger partial charge is 0.346 e. The number of aromatic carboxylic acids is 1. The summed E-state index contributed by atoms with van der Waals surface area (Å²) < 4.78 is 4.83. The molecule has 3 aromatic carbocycles. The van der Waals surface area contributed by atoms with Gasteiger partial charge in [0.1, 0.15) is 39.9 Å². The van der Waals surface area contributed by atoms with E-state index in [1.807, 2.05) is 0 Å². The van der Waals surface area contributed by atoms with Gasteiger partial charge in [-0.2, -0.15) is 0 Å². The Balaban J connectivity index is 1.88. The molecule has 0 aromatic heterocycles. The number of carboxylic acids is 1. The molecule has 0 aliphatic heterocycles. The zero-order valence-electron chi connectivity index (χ0n) is 14.5. The van der Waals surface area contributed by atoms with E-state index in [1.54, 1.807) is 0 Å². The lowest BCUT2D eigenvalue weighted by molar-refractivity contribution is 0.0662. The van der Waals surface area contributed by atoms with Crippen LogP contribution in [0.5, 0.6) is 28.7 Å². The first-order valence-electron chi connectivity index (χ1n) is 8.03. The molecule has 0 aliphatic rings. The van der Waals surface area contributed by atoms with Crippen molar-refractivity contribution in [3.8, 4) is 28.7 Å². The maximum absolute atomic E-state index is 12.1. The second-order valence-corrected chi connectivity index (χ2v) is 5.96. The molecule has 0 atom stereocenters. The SMILES string of the molecule is O=C(O)c1cc(C(=O)OC=Cc2cc3c(O)ccc(O)c3cc2O)c(O)cc1O. The molecule has 148 valence electrons. The number of carboxylic acid groups (broad SMARTS) is 1. The Morgan fingerprint density at radius 1 is 0.724 bits per heavy atom. The summed E-state index contributed by atoms with van der Waals surface area (Å²) in [5.74, 6) is -4.57. The van der Waals surface area contributed by atoms with Crippen molar-refractivity contribution < 1.29 is 45.0 Å². The summed E-state index contributed by atoms with van der Waals surface area (Å²) in [4.78, 5) is 23.1. The average Bonchev–Trinajstić information content (AvgIpc) is 2.65. The molecule has 0 saturated heterocycles. The van der Waals surface area contributed by atoms with Crippen LogP contribution in [-0.4, -0.2) is 42.6 Å². The largest absolute Gasteiger partial charge is 0.507 e. The van der Waals surface area contributed by atoms with E-state index in [1.165, 1.54) is 30.3 Å². The van der Waals surface area contributed by atoms with Gasteiger partial charge in [0.25, 0.3) is 0 Å². The van der Waals surface area contributed by atoms with Crippen LogP contribution in [0.25, 0.3) is 16.8 Å². The Hall–Kier alpha value is -4.40. The number of phenols is 5. The highest BCUT2D eigenvalue weighted by Gasteiger charge is 2.19. The third-order valence-electron chi connectivity index (χ3n) is 4.10. The number of rotatable bonds is 4. The normalized spacial score (nSPS) is 11.0. The Morgan fingerprint density at radius 3 is 1.93 bits per heavy atom. The highest BCUT2D eigenvalue weighted by molar-refractivity contribution is 5.99. The fourth-order valence-electron chi connectivity index (χ4n) is 2.64. The fourth-order valence-corrected chi connectivity index (χ4v) is 2.64. The van der Waals surface area contributed by atoms with E-state index in [0.717, 1.165) is 12.3 Å². The van der Waals surface area contributed by atoms with E-state index in [4.69, 9.17) is 9.84 Å². The monoisotopic (exact) mass is 398 g/mol. The van der Waals surface area contributed by atoms with Crippen molar-refractivity contribution in [1.29, 1.82) is 0 Å². The minimum Gasteiger partial charge on any atom is -0.507 e. The molecule has 0 amide bonds. The van der Waals surface area contributed by atoms with E-state index < -0.39 is 34.6 Å². The van der Waals surface area contributed by atoms with Crippen LogP contribution in [0.15, 0.2) is 42.7 Å². The van der Waals surface area contributed by atoms with Gasteiger partial charge in [0.2, 0.25) is 0 Å². The van der Waals surface area contributed by atoms with Gasteiger partial charge < -0.3 is 35.4 Å². The minimum atomic E-state index is -1.50. The Bertz CT molecular complexity index is 1180. The lowest BCUT2D eigenvalue weighted by Crippen LogP contribution is -2.05. The van der Waals surface area contributed by atoms with E-state index in [2.05, 4.69) is 0 Å². The van der Waals surface area contributed by atoms with Gasteiger partial charge in [-0.25, -0.2) is 9.59 Å². The molecule has 0 radical (unpaired) electrons. The fraction of sp³-hybridized carbons (Fsp3) is 0. The summed E-state index contributed by atoms with van der Waals surface area (Å²) in [5.41, 5.74) is -0.941. The van der Waals surface area contributed by atoms with Crippen LogP contribution in [0.4, 0.5) is 0 Å².